The molecule has 0 aliphatic rings. The van der Waals surface area contributed by atoms with Crippen molar-refractivity contribution in [1.29, 1.82) is 0 Å². The Bertz CT molecular complexity index is 596. The van der Waals surface area contributed by atoms with Crippen molar-refractivity contribution in [1.82, 2.24) is 9.78 Å². The van der Waals surface area contributed by atoms with E-state index >= 15 is 0 Å². The highest BCUT2D eigenvalue weighted by Crippen LogP contribution is 2.17. The van der Waals surface area contributed by atoms with E-state index in [0.717, 1.165) is 24.2 Å². The van der Waals surface area contributed by atoms with Gasteiger partial charge in [-0.2, -0.15) is 5.10 Å². The molecule has 2 rings (SSSR count). The average molecular weight is 262 g/mol. The molecule has 0 amide bonds. The van der Waals surface area contributed by atoms with Crippen molar-refractivity contribution in [3.8, 4) is 0 Å². The summed E-state index contributed by atoms with van der Waals surface area (Å²) in [5.41, 5.74) is 2.81. The number of aromatic carboxylic acids is 1. The maximum Gasteiger partial charge on any atom is 0.372 e. The highest BCUT2D eigenvalue weighted by atomic mass is 16.4. The van der Waals surface area contributed by atoms with Gasteiger partial charge in [0.15, 0.2) is 0 Å². The predicted octanol–water partition coefficient (Wildman–Crippen LogP) is 2.66. The van der Waals surface area contributed by atoms with E-state index in [0.29, 0.717) is 17.9 Å². The Morgan fingerprint density at radius 1 is 1.37 bits per heavy atom. The zero-order chi connectivity index (χ0) is 14.0. The fourth-order valence-corrected chi connectivity index (χ4v) is 2.10. The van der Waals surface area contributed by atoms with Crippen LogP contribution in [0, 0.1) is 6.92 Å². The van der Waals surface area contributed by atoms with Crippen LogP contribution >= 0.6 is 0 Å². The maximum atomic E-state index is 10.9. The number of aryl methyl sites for hydroxylation is 3. The third-order valence-electron chi connectivity index (χ3n) is 3.11. The Balaban J connectivity index is 2.28. The van der Waals surface area contributed by atoms with Crippen molar-refractivity contribution in [3.63, 3.8) is 0 Å². The van der Waals surface area contributed by atoms with Crippen LogP contribution in [0.2, 0.25) is 0 Å². The summed E-state index contributed by atoms with van der Waals surface area (Å²) in [5, 5.41) is 13.5. The number of aromatic nitrogens is 2. The summed E-state index contributed by atoms with van der Waals surface area (Å²) in [6.07, 6.45) is 1.77. The van der Waals surface area contributed by atoms with E-state index in [2.05, 4.69) is 25.0 Å². The minimum atomic E-state index is -1.03. The molecule has 0 atom stereocenters. The Labute approximate surface area is 111 Å². The number of rotatable bonds is 5. The molecule has 0 aliphatic carbocycles. The van der Waals surface area contributed by atoms with E-state index in [4.69, 9.17) is 9.52 Å². The van der Waals surface area contributed by atoms with Gasteiger partial charge < -0.3 is 9.52 Å². The Morgan fingerprint density at radius 2 is 2.11 bits per heavy atom. The minimum Gasteiger partial charge on any atom is -0.475 e. The Hall–Kier alpha value is -2.04. The second-order valence-electron chi connectivity index (χ2n) is 4.52. The van der Waals surface area contributed by atoms with Gasteiger partial charge in [0.05, 0.1) is 12.2 Å². The first-order valence-electron chi connectivity index (χ1n) is 6.43. The lowest BCUT2D eigenvalue weighted by Crippen LogP contribution is -2.05. The second kappa shape index (κ2) is 5.30. The van der Waals surface area contributed by atoms with Crippen LogP contribution < -0.4 is 0 Å². The van der Waals surface area contributed by atoms with Crippen molar-refractivity contribution >= 4 is 5.97 Å². The van der Waals surface area contributed by atoms with Gasteiger partial charge in [0, 0.05) is 11.3 Å². The zero-order valence-electron chi connectivity index (χ0n) is 11.4. The van der Waals surface area contributed by atoms with Gasteiger partial charge in [0.25, 0.3) is 0 Å². The molecule has 102 valence electrons. The first-order chi connectivity index (χ1) is 9.05. The molecule has 2 aromatic rings. The van der Waals surface area contributed by atoms with Gasteiger partial charge in [-0.15, -0.1) is 0 Å². The molecule has 0 saturated heterocycles. The van der Waals surface area contributed by atoms with Crippen LogP contribution in [0.3, 0.4) is 0 Å². The molecule has 2 aromatic heterocycles. The van der Waals surface area contributed by atoms with Gasteiger partial charge in [0.1, 0.15) is 5.76 Å². The zero-order valence-corrected chi connectivity index (χ0v) is 11.4. The number of furan rings is 1. The summed E-state index contributed by atoms with van der Waals surface area (Å²) in [6, 6.07) is 3.84. The second-order valence-corrected chi connectivity index (χ2v) is 4.52. The van der Waals surface area contributed by atoms with Crippen molar-refractivity contribution < 1.29 is 14.3 Å². The lowest BCUT2D eigenvalue weighted by molar-refractivity contribution is 0.0659. The highest BCUT2D eigenvalue weighted by Gasteiger charge is 2.15. The summed E-state index contributed by atoms with van der Waals surface area (Å²) >= 11 is 0. The topological polar surface area (TPSA) is 68.3 Å². The summed E-state index contributed by atoms with van der Waals surface area (Å²) < 4.78 is 7.24. The van der Waals surface area contributed by atoms with Crippen LogP contribution in [0.5, 0.6) is 0 Å². The molecular weight excluding hydrogens is 244 g/mol. The molecule has 2 heterocycles. The fourth-order valence-electron chi connectivity index (χ4n) is 2.10. The van der Waals surface area contributed by atoms with Gasteiger partial charge in [-0.3, -0.25) is 4.68 Å². The number of hydrogen-bond donors (Lipinski definition) is 1. The van der Waals surface area contributed by atoms with Crippen LogP contribution in [-0.2, 0) is 19.4 Å². The summed E-state index contributed by atoms with van der Waals surface area (Å²) in [7, 11) is 0. The van der Waals surface area contributed by atoms with Crippen LogP contribution in [0.25, 0.3) is 0 Å². The normalized spacial score (nSPS) is 10.9. The summed E-state index contributed by atoms with van der Waals surface area (Å²) in [4.78, 5) is 10.9. The van der Waals surface area contributed by atoms with Crippen molar-refractivity contribution in [3.05, 3.63) is 40.6 Å². The van der Waals surface area contributed by atoms with E-state index < -0.39 is 5.97 Å². The highest BCUT2D eigenvalue weighted by molar-refractivity contribution is 5.86. The Morgan fingerprint density at radius 3 is 2.63 bits per heavy atom. The van der Waals surface area contributed by atoms with Crippen LogP contribution in [0.15, 0.2) is 16.5 Å². The third-order valence-corrected chi connectivity index (χ3v) is 3.11. The molecule has 0 aliphatic heterocycles. The van der Waals surface area contributed by atoms with Gasteiger partial charge >= 0.3 is 5.97 Å². The molecule has 19 heavy (non-hydrogen) atoms. The fraction of sp³-hybridized carbons (Fsp3) is 0.429. The third kappa shape index (κ3) is 2.70. The molecule has 5 nitrogen and oxygen atoms in total. The summed E-state index contributed by atoms with van der Waals surface area (Å²) in [5.74, 6) is -0.402. The van der Waals surface area contributed by atoms with E-state index in [1.165, 1.54) is 0 Å². The maximum absolute atomic E-state index is 10.9. The molecular formula is C14H18N2O3. The van der Waals surface area contributed by atoms with Crippen LogP contribution in [0.4, 0.5) is 0 Å². The number of nitrogens with zero attached hydrogens (tertiary/aromatic N) is 2. The van der Waals surface area contributed by atoms with Crippen LogP contribution in [-0.4, -0.2) is 20.9 Å². The Kier molecular flexibility index (Phi) is 3.74. The largest absolute Gasteiger partial charge is 0.475 e. The van der Waals surface area contributed by atoms with Gasteiger partial charge in [-0.1, -0.05) is 13.8 Å². The number of carbonyl (C=O) groups is 1. The van der Waals surface area contributed by atoms with Gasteiger partial charge in [-0.05, 0) is 31.9 Å². The molecule has 0 aromatic carbocycles. The molecule has 0 spiro atoms. The van der Waals surface area contributed by atoms with Crippen LogP contribution in [0.1, 0.15) is 47.1 Å². The average Bonchev–Trinajstić information content (AvgIpc) is 2.93. The molecule has 1 N–H and O–H groups in total. The SMILES string of the molecule is CCc1cc(CC)n(Cc2cc(C)c(C(=O)O)o2)n1. The molecule has 5 heteroatoms. The van der Waals surface area contributed by atoms with E-state index in [-0.39, 0.29) is 5.76 Å². The van der Waals surface area contributed by atoms with E-state index in [9.17, 15) is 4.79 Å². The molecule has 0 bridgehead atoms. The van der Waals surface area contributed by atoms with E-state index in [1.807, 2.05) is 4.68 Å². The quantitative estimate of drug-likeness (QED) is 0.899. The minimum absolute atomic E-state index is 0.0101. The molecule has 0 radical (unpaired) electrons. The summed E-state index contributed by atoms with van der Waals surface area (Å²) in [6.45, 7) is 6.34. The van der Waals surface area contributed by atoms with Gasteiger partial charge in [-0.25, -0.2) is 4.79 Å². The molecule has 0 fully saturated rings. The number of hydrogen-bond acceptors (Lipinski definition) is 3. The lowest BCUT2D eigenvalue weighted by atomic mass is 10.2. The smallest absolute Gasteiger partial charge is 0.372 e. The van der Waals surface area contributed by atoms with Crippen molar-refractivity contribution in [2.75, 3.05) is 0 Å². The first kappa shape index (κ1) is 13.4. The van der Waals surface area contributed by atoms with Crippen molar-refractivity contribution in [2.45, 2.75) is 40.2 Å². The van der Waals surface area contributed by atoms with E-state index in [1.54, 1.807) is 13.0 Å². The molecule has 0 saturated carbocycles. The predicted molar refractivity (Wildman–Crippen MR) is 70.5 cm³/mol. The standard InChI is InChI=1S/C14H18N2O3/c1-4-10-7-11(5-2)16(15-10)8-12-6-9(3)13(19-12)14(17)18/h6-7H,4-5,8H2,1-3H3,(H,17,18). The monoisotopic (exact) mass is 262 g/mol. The number of carboxylic acid groups (broad SMARTS) is 1. The number of carboxylic acids is 1. The molecule has 0 unspecified atom stereocenters. The lowest BCUT2D eigenvalue weighted by Gasteiger charge is -2.02. The van der Waals surface area contributed by atoms with Gasteiger partial charge in [0.2, 0.25) is 5.76 Å². The first-order valence-corrected chi connectivity index (χ1v) is 6.43. The van der Waals surface area contributed by atoms with Crippen molar-refractivity contribution in [2.24, 2.45) is 0 Å².